The lowest BCUT2D eigenvalue weighted by atomic mass is 9.81. The smallest absolute Gasteiger partial charge is 0.0991 e. The van der Waals surface area contributed by atoms with Crippen LogP contribution in [0.25, 0.3) is 0 Å². The number of nitriles is 2. The van der Waals surface area contributed by atoms with Gasteiger partial charge in [-0.05, 0) is 74.6 Å². The first-order valence-electron chi connectivity index (χ1n) is 11.9. The summed E-state index contributed by atoms with van der Waals surface area (Å²) in [6.07, 6.45) is 4.27. The second-order valence-corrected chi connectivity index (χ2v) is 9.77. The molecule has 5 nitrogen and oxygen atoms in total. The fraction of sp³-hybridized carbons (Fsp3) is 0.481. The van der Waals surface area contributed by atoms with Crippen molar-refractivity contribution in [3.63, 3.8) is 0 Å². The van der Waals surface area contributed by atoms with Crippen LogP contribution < -0.4 is 10.2 Å². The van der Waals surface area contributed by atoms with Gasteiger partial charge in [-0.25, -0.2) is 0 Å². The monoisotopic (exact) mass is 425 g/mol. The maximum absolute atomic E-state index is 9.50. The molecule has 1 N–H and O–H groups in total. The molecular weight excluding hydrogens is 394 g/mol. The predicted molar refractivity (Wildman–Crippen MR) is 126 cm³/mol. The highest BCUT2D eigenvalue weighted by molar-refractivity contribution is 5.53. The SMILES string of the molecule is N#CCC1(N2CCC(CNC3CC3c3ccccc3)CC2)CN(c2ccc(C#N)cc2)C1. The fourth-order valence-electron chi connectivity index (χ4n) is 5.58. The molecule has 2 atom stereocenters. The topological polar surface area (TPSA) is 66.1 Å². The lowest BCUT2D eigenvalue weighted by Gasteiger charge is -2.57. The molecule has 2 aliphatic heterocycles. The molecular formula is C27H31N5. The van der Waals surface area contributed by atoms with E-state index in [9.17, 15) is 5.26 Å². The van der Waals surface area contributed by atoms with Crippen LogP contribution in [0.15, 0.2) is 54.6 Å². The van der Waals surface area contributed by atoms with Crippen molar-refractivity contribution >= 4 is 5.69 Å². The minimum atomic E-state index is -0.0179. The summed E-state index contributed by atoms with van der Waals surface area (Å²) in [7, 11) is 0. The van der Waals surface area contributed by atoms with Gasteiger partial charge in [0.05, 0.1) is 29.7 Å². The molecule has 0 amide bonds. The van der Waals surface area contributed by atoms with E-state index in [-0.39, 0.29) is 5.54 Å². The summed E-state index contributed by atoms with van der Waals surface area (Å²) in [5, 5.41) is 22.3. The third-order valence-corrected chi connectivity index (χ3v) is 7.71. The Morgan fingerprint density at radius 3 is 2.34 bits per heavy atom. The van der Waals surface area contributed by atoms with Gasteiger partial charge in [0.2, 0.25) is 0 Å². The molecule has 32 heavy (non-hydrogen) atoms. The van der Waals surface area contributed by atoms with Crippen LogP contribution in [-0.2, 0) is 0 Å². The molecule has 1 saturated carbocycles. The summed E-state index contributed by atoms with van der Waals surface area (Å²) in [6.45, 7) is 5.08. The van der Waals surface area contributed by atoms with E-state index in [0.717, 1.165) is 44.3 Å². The number of anilines is 1. The highest BCUT2D eigenvalue weighted by Crippen LogP contribution is 2.41. The summed E-state index contributed by atoms with van der Waals surface area (Å²) in [4.78, 5) is 4.92. The molecule has 2 unspecified atom stereocenters. The van der Waals surface area contributed by atoms with Crippen molar-refractivity contribution in [1.29, 1.82) is 10.5 Å². The summed E-state index contributed by atoms with van der Waals surface area (Å²) in [6, 6.07) is 23.9. The lowest BCUT2D eigenvalue weighted by molar-refractivity contribution is 0.0299. The minimum Gasteiger partial charge on any atom is -0.368 e. The average Bonchev–Trinajstić information content (AvgIpc) is 3.61. The quantitative estimate of drug-likeness (QED) is 0.729. The fourth-order valence-corrected chi connectivity index (χ4v) is 5.58. The molecule has 0 spiro atoms. The zero-order chi connectivity index (χ0) is 22.0. The number of benzene rings is 2. The van der Waals surface area contributed by atoms with Gasteiger partial charge < -0.3 is 10.2 Å². The van der Waals surface area contributed by atoms with Crippen LogP contribution in [0.3, 0.4) is 0 Å². The third-order valence-electron chi connectivity index (χ3n) is 7.71. The molecule has 5 heteroatoms. The van der Waals surface area contributed by atoms with E-state index in [0.29, 0.717) is 23.9 Å². The van der Waals surface area contributed by atoms with Crippen molar-refractivity contribution in [1.82, 2.24) is 10.2 Å². The van der Waals surface area contributed by atoms with E-state index in [1.165, 1.54) is 24.8 Å². The van der Waals surface area contributed by atoms with Crippen LogP contribution in [0.2, 0.25) is 0 Å². The molecule has 164 valence electrons. The van der Waals surface area contributed by atoms with Gasteiger partial charge in [-0.3, -0.25) is 4.90 Å². The molecule has 2 heterocycles. The Kier molecular flexibility index (Phi) is 5.87. The number of nitrogens with zero attached hydrogens (tertiary/aromatic N) is 4. The van der Waals surface area contributed by atoms with Crippen molar-refractivity contribution in [3.05, 3.63) is 65.7 Å². The standard InChI is InChI=1S/C27H31N5/c28-13-12-27(19-31(20-27)24-8-6-21(17-29)7-9-24)32-14-10-22(11-15-32)18-30-26-16-25(26)23-4-2-1-3-5-23/h1-9,22,25-26,30H,10-12,14-16,18-20H2. The van der Waals surface area contributed by atoms with Crippen LogP contribution in [-0.4, -0.2) is 49.2 Å². The highest BCUT2D eigenvalue weighted by atomic mass is 15.4. The largest absolute Gasteiger partial charge is 0.368 e. The maximum atomic E-state index is 9.50. The van der Waals surface area contributed by atoms with Gasteiger partial charge >= 0.3 is 0 Å². The van der Waals surface area contributed by atoms with E-state index in [2.05, 4.69) is 57.6 Å². The number of likely N-dealkylation sites (tertiary alicyclic amines) is 1. The van der Waals surface area contributed by atoms with Gasteiger partial charge in [-0.1, -0.05) is 30.3 Å². The van der Waals surface area contributed by atoms with Crippen molar-refractivity contribution < 1.29 is 0 Å². The van der Waals surface area contributed by atoms with E-state index in [1.54, 1.807) is 0 Å². The first kappa shape index (κ1) is 21.0. The van der Waals surface area contributed by atoms with E-state index < -0.39 is 0 Å². The Bertz CT molecular complexity index is 989. The van der Waals surface area contributed by atoms with Gasteiger partial charge in [0.15, 0.2) is 0 Å². The first-order valence-corrected chi connectivity index (χ1v) is 11.9. The average molecular weight is 426 g/mol. The number of rotatable bonds is 7. The van der Waals surface area contributed by atoms with Crippen LogP contribution in [0.1, 0.15) is 42.7 Å². The van der Waals surface area contributed by atoms with Crippen molar-refractivity contribution in [2.75, 3.05) is 37.6 Å². The Labute approximate surface area is 191 Å². The highest BCUT2D eigenvalue weighted by Gasteiger charge is 2.48. The van der Waals surface area contributed by atoms with E-state index in [1.807, 2.05) is 24.3 Å². The van der Waals surface area contributed by atoms with Gasteiger partial charge in [0.25, 0.3) is 0 Å². The van der Waals surface area contributed by atoms with Gasteiger partial charge in [-0.15, -0.1) is 0 Å². The first-order chi connectivity index (χ1) is 15.7. The molecule has 2 aromatic carbocycles. The molecule has 2 aromatic rings. The number of hydrogen-bond acceptors (Lipinski definition) is 5. The Balaban J connectivity index is 1.10. The third kappa shape index (κ3) is 4.24. The predicted octanol–water partition coefficient (Wildman–Crippen LogP) is 3.89. The maximum Gasteiger partial charge on any atom is 0.0991 e. The molecule has 0 aromatic heterocycles. The summed E-state index contributed by atoms with van der Waals surface area (Å²) >= 11 is 0. The number of piperidine rings is 1. The second kappa shape index (κ2) is 8.94. The van der Waals surface area contributed by atoms with Crippen LogP contribution in [0.4, 0.5) is 5.69 Å². The lowest BCUT2D eigenvalue weighted by Crippen LogP contribution is -2.71. The molecule has 5 rings (SSSR count). The Morgan fingerprint density at radius 1 is 0.969 bits per heavy atom. The number of hydrogen-bond donors (Lipinski definition) is 1. The number of nitrogens with one attached hydrogen (secondary N) is 1. The molecule has 1 aliphatic carbocycles. The van der Waals surface area contributed by atoms with Crippen LogP contribution in [0.5, 0.6) is 0 Å². The Morgan fingerprint density at radius 2 is 1.69 bits per heavy atom. The minimum absolute atomic E-state index is 0.0179. The van der Waals surface area contributed by atoms with E-state index >= 15 is 0 Å². The molecule has 0 bridgehead atoms. The van der Waals surface area contributed by atoms with Crippen LogP contribution >= 0.6 is 0 Å². The molecule has 2 saturated heterocycles. The van der Waals surface area contributed by atoms with Gasteiger partial charge in [-0.2, -0.15) is 10.5 Å². The zero-order valence-electron chi connectivity index (χ0n) is 18.6. The van der Waals surface area contributed by atoms with Gasteiger partial charge in [0.1, 0.15) is 0 Å². The van der Waals surface area contributed by atoms with Crippen molar-refractivity contribution in [3.8, 4) is 12.1 Å². The molecule has 3 fully saturated rings. The van der Waals surface area contributed by atoms with Crippen LogP contribution in [0, 0.1) is 28.6 Å². The van der Waals surface area contributed by atoms with E-state index in [4.69, 9.17) is 5.26 Å². The second-order valence-electron chi connectivity index (χ2n) is 9.77. The summed E-state index contributed by atoms with van der Waals surface area (Å²) in [5.74, 6) is 1.43. The Hall–Kier alpha value is -2.86. The zero-order valence-corrected chi connectivity index (χ0v) is 18.6. The molecule has 0 radical (unpaired) electrons. The van der Waals surface area contributed by atoms with Crippen molar-refractivity contribution in [2.24, 2.45) is 5.92 Å². The molecule has 3 aliphatic rings. The van der Waals surface area contributed by atoms with Gasteiger partial charge in [0, 0.05) is 30.7 Å². The summed E-state index contributed by atoms with van der Waals surface area (Å²) < 4.78 is 0. The normalized spacial score (nSPS) is 24.9. The summed E-state index contributed by atoms with van der Waals surface area (Å²) in [5.41, 5.74) is 3.29. The van der Waals surface area contributed by atoms with Crippen molar-refractivity contribution in [2.45, 2.75) is 43.2 Å².